The summed E-state index contributed by atoms with van der Waals surface area (Å²) in [6, 6.07) is 23.1. The van der Waals surface area contributed by atoms with Gasteiger partial charge in [0.1, 0.15) is 0 Å². The van der Waals surface area contributed by atoms with E-state index in [2.05, 4.69) is 10.2 Å². The Morgan fingerprint density at radius 2 is 1.39 bits per heavy atom. The maximum Gasteiger partial charge on any atom is 0.243 e. The molecule has 33 heavy (non-hydrogen) atoms. The van der Waals surface area contributed by atoms with Crippen molar-refractivity contribution in [1.82, 2.24) is 14.5 Å². The van der Waals surface area contributed by atoms with Crippen LogP contribution in [0.5, 0.6) is 0 Å². The van der Waals surface area contributed by atoms with E-state index >= 15 is 0 Å². The van der Waals surface area contributed by atoms with E-state index in [4.69, 9.17) is 11.6 Å². The summed E-state index contributed by atoms with van der Waals surface area (Å²) < 4.78 is 27.7. The number of amides is 1. The van der Waals surface area contributed by atoms with Crippen LogP contribution in [0.4, 0.5) is 0 Å². The van der Waals surface area contributed by atoms with Crippen LogP contribution in [0.1, 0.15) is 16.7 Å². The van der Waals surface area contributed by atoms with Gasteiger partial charge < -0.3 is 10.2 Å². The van der Waals surface area contributed by atoms with Crippen molar-refractivity contribution in [3.05, 3.63) is 101 Å². The third-order valence-electron chi connectivity index (χ3n) is 4.98. The Kier molecular flexibility index (Phi) is 8.63. The fourth-order valence-electron chi connectivity index (χ4n) is 3.31. The number of carbonyl (C=O) groups excluding carboxylic acids is 1. The normalized spacial score (nSPS) is 11.7. The van der Waals surface area contributed by atoms with Crippen LogP contribution < -0.4 is 5.32 Å². The molecule has 1 amide bonds. The Hall–Kier alpha value is -2.71. The van der Waals surface area contributed by atoms with Crippen molar-refractivity contribution in [2.24, 2.45) is 0 Å². The molecule has 8 heteroatoms. The molecule has 0 unspecified atom stereocenters. The second-order valence-electron chi connectivity index (χ2n) is 8.04. The molecule has 3 aromatic carbocycles. The predicted octanol–water partition coefficient (Wildman–Crippen LogP) is 3.91. The lowest BCUT2D eigenvalue weighted by Crippen LogP contribution is -2.40. The third-order valence-corrected chi connectivity index (χ3v) is 7.04. The number of sulfonamides is 1. The molecule has 3 aromatic rings. The van der Waals surface area contributed by atoms with Crippen LogP contribution >= 0.6 is 11.6 Å². The lowest BCUT2D eigenvalue weighted by atomic mass is 10.1. The van der Waals surface area contributed by atoms with Gasteiger partial charge in [0.25, 0.3) is 0 Å². The van der Waals surface area contributed by atoms with E-state index in [0.717, 1.165) is 17.7 Å². The van der Waals surface area contributed by atoms with Gasteiger partial charge in [0.2, 0.25) is 15.9 Å². The number of nitrogens with zero attached hydrogens (tertiary/aromatic N) is 2. The molecule has 0 saturated heterocycles. The molecular formula is C25H28ClN3O3S. The average molecular weight is 486 g/mol. The highest BCUT2D eigenvalue weighted by Gasteiger charge is 2.27. The van der Waals surface area contributed by atoms with Gasteiger partial charge in [-0.1, -0.05) is 66.2 Å². The van der Waals surface area contributed by atoms with Crippen LogP contribution in [-0.2, 0) is 34.5 Å². The minimum Gasteiger partial charge on any atom is -0.351 e. The van der Waals surface area contributed by atoms with Gasteiger partial charge in [-0.25, -0.2) is 8.42 Å². The summed E-state index contributed by atoms with van der Waals surface area (Å²) in [6.07, 6.45) is 0. The minimum atomic E-state index is -3.90. The summed E-state index contributed by atoms with van der Waals surface area (Å²) in [6.45, 7) is 0.946. The van der Waals surface area contributed by atoms with Gasteiger partial charge in [-0.15, -0.1) is 0 Å². The number of rotatable bonds is 10. The standard InChI is InChI=1S/C25H28ClN3O3S/c1-28(2)17-22-10-8-20(9-11-22)16-27-25(30)19-29(18-21-6-4-3-5-7-21)33(31,32)24-14-12-23(26)13-15-24/h3-15H,16-19H2,1-2H3,(H,27,30). The topological polar surface area (TPSA) is 69.7 Å². The van der Waals surface area contributed by atoms with Gasteiger partial charge in [0.05, 0.1) is 11.4 Å². The molecule has 6 nitrogen and oxygen atoms in total. The summed E-state index contributed by atoms with van der Waals surface area (Å²) >= 11 is 5.91. The zero-order valence-corrected chi connectivity index (χ0v) is 20.3. The number of nitrogens with one attached hydrogen (secondary N) is 1. The molecule has 1 N–H and O–H groups in total. The van der Waals surface area contributed by atoms with E-state index in [0.29, 0.717) is 11.6 Å². The Labute approximate surface area is 200 Å². The number of hydrogen-bond acceptors (Lipinski definition) is 4. The van der Waals surface area contributed by atoms with Crippen molar-refractivity contribution >= 4 is 27.5 Å². The van der Waals surface area contributed by atoms with Crippen LogP contribution in [0.15, 0.2) is 83.8 Å². The summed E-state index contributed by atoms with van der Waals surface area (Å²) in [5.74, 6) is -0.374. The minimum absolute atomic E-state index is 0.0818. The van der Waals surface area contributed by atoms with Gasteiger partial charge in [-0.3, -0.25) is 4.79 Å². The molecule has 0 bridgehead atoms. The van der Waals surface area contributed by atoms with Crippen molar-refractivity contribution in [1.29, 1.82) is 0 Å². The zero-order chi connectivity index (χ0) is 23.8. The molecule has 0 aromatic heterocycles. The second-order valence-corrected chi connectivity index (χ2v) is 10.4. The second kappa shape index (κ2) is 11.4. The average Bonchev–Trinajstić information content (AvgIpc) is 2.79. The van der Waals surface area contributed by atoms with E-state index in [1.807, 2.05) is 68.7 Å². The van der Waals surface area contributed by atoms with E-state index in [1.54, 1.807) is 0 Å². The quantitative estimate of drug-likeness (QED) is 0.472. The van der Waals surface area contributed by atoms with E-state index < -0.39 is 10.0 Å². The highest BCUT2D eigenvalue weighted by atomic mass is 35.5. The summed E-state index contributed by atoms with van der Waals surface area (Å²) in [7, 11) is 0.113. The van der Waals surface area contributed by atoms with Crippen molar-refractivity contribution in [3.63, 3.8) is 0 Å². The lowest BCUT2D eigenvalue weighted by molar-refractivity contribution is -0.121. The van der Waals surface area contributed by atoms with Crippen LogP contribution in [0.25, 0.3) is 0 Å². The molecule has 174 valence electrons. The first-order chi connectivity index (χ1) is 15.7. The molecule has 0 radical (unpaired) electrons. The molecule has 0 aliphatic carbocycles. The van der Waals surface area contributed by atoms with Crippen LogP contribution in [0.2, 0.25) is 5.02 Å². The Morgan fingerprint density at radius 3 is 2.00 bits per heavy atom. The number of halogens is 1. The van der Waals surface area contributed by atoms with Crippen LogP contribution in [-0.4, -0.2) is 44.2 Å². The van der Waals surface area contributed by atoms with Crippen molar-refractivity contribution in [2.75, 3.05) is 20.6 Å². The molecular weight excluding hydrogens is 458 g/mol. The largest absolute Gasteiger partial charge is 0.351 e. The van der Waals surface area contributed by atoms with E-state index in [1.165, 1.54) is 34.1 Å². The van der Waals surface area contributed by atoms with Gasteiger partial charge in [0, 0.05) is 24.7 Å². The zero-order valence-electron chi connectivity index (χ0n) is 18.7. The summed E-state index contributed by atoms with van der Waals surface area (Å²) in [5.41, 5.74) is 2.92. The molecule has 0 saturated carbocycles. The van der Waals surface area contributed by atoms with Crippen molar-refractivity contribution in [3.8, 4) is 0 Å². The smallest absolute Gasteiger partial charge is 0.243 e. The maximum absolute atomic E-state index is 13.3. The first-order valence-electron chi connectivity index (χ1n) is 10.5. The summed E-state index contributed by atoms with van der Waals surface area (Å²) in [4.78, 5) is 14.9. The number of hydrogen-bond donors (Lipinski definition) is 1. The predicted molar refractivity (Wildman–Crippen MR) is 131 cm³/mol. The Balaban J connectivity index is 1.71. The molecule has 0 aliphatic rings. The van der Waals surface area contributed by atoms with Crippen molar-refractivity contribution < 1.29 is 13.2 Å². The molecule has 0 fully saturated rings. The van der Waals surface area contributed by atoms with Gasteiger partial charge in [-0.05, 0) is 55.1 Å². The highest BCUT2D eigenvalue weighted by Crippen LogP contribution is 2.20. The summed E-state index contributed by atoms with van der Waals surface area (Å²) in [5, 5.41) is 3.27. The molecule has 0 spiro atoms. The molecule has 3 rings (SSSR count). The van der Waals surface area contributed by atoms with Crippen molar-refractivity contribution in [2.45, 2.75) is 24.5 Å². The monoisotopic (exact) mass is 485 g/mol. The van der Waals surface area contributed by atoms with E-state index in [-0.39, 0.29) is 23.9 Å². The van der Waals surface area contributed by atoms with Gasteiger partial charge >= 0.3 is 0 Å². The number of carbonyl (C=O) groups is 1. The van der Waals surface area contributed by atoms with Crippen LogP contribution in [0.3, 0.4) is 0 Å². The first-order valence-corrected chi connectivity index (χ1v) is 12.3. The Bertz CT molecular complexity index is 1150. The lowest BCUT2D eigenvalue weighted by Gasteiger charge is -2.22. The van der Waals surface area contributed by atoms with E-state index in [9.17, 15) is 13.2 Å². The van der Waals surface area contributed by atoms with Crippen LogP contribution in [0, 0.1) is 0 Å². The SMILES string of the molecule is CN(C)Cc1ccc(CNC(=O)CN(Cc2ccccc2)S(=O)(=O)c2ccc(Cl)cc2)cc1. The van der Waals surface area contributed by atoms with Gasteiger partial charge in [0.15, 0.2) is 0 Å². The third kappa shape index (κ3) is 7.40. The fourth-order valence-corrected chi connectivity index (χ4v) is 4.82. The first kappa shape index (κ1) is 24.9. The maximum atomic E-state index is 13.3. The highest BCUT2D eigenvalue weighted by molar-refractivity contribution is 7.89. The fraction of sp³-hybridized carbons (Fsp3) is 0.240. The molecule has 0 aliphatic heterocycles. The Morgan fingerprint density at radius 1 is 0.818 bits per heavy atom. The van der Waals surface area contributed by atoms with Gasteiger partial charge in [-0.2, -0.15) is 4.31 Å². The number of benzene rings is 3. The molecule has 0 atom stereocenters. The molecule has 0 heterocycles.